The predicted octanol–water partition coefficient (Wildman–Crippen LogP) is 9.22. The number of nitrogens with one attached hydrogen (secondary N) is 2. The molecule has 0 amide bonds. The zero-order valence-corrected chi connectivity index (χ0v) is 25.1. The van der Waals surface area contributed by atoms with Crippen LogP contribution in [0.2, 0.25) is 0 Å². The smallest absolute Gasteiger partial charge is 0.160 e. The molecule has 6 aromatic carbocycles. The standard InChI is InChI=1S/C40H29N5O/c1-41-28-19-15-26(16-20-28)39-42-38(25-9-3-2-4-10-25)43-40(44-39)27-17-21-29(22-18-27)45-34-13-7-5-11-30(34)32-23-24-33-31-12-6-8-14-35(31)46-37(33)36(32)45/h2-24,39,41H,1H3,(H,42,43,44). The molecular formula is C40H29N5O. The van der Waals surface area contributed by atoms with E-state index in [1.54, 1.807) is 0 Å². The lowest BCUT2D eigenvalue weighted by atomic mass is 10.1. The van der Waals surface area contributed by atoms with Crippen LogP contribution in [0.5, 0.6) is 0 Å². The third-order valence-electron chi connectivity index (χ3n) is 8.87. The van der Waals surface area contributed by atoms with Crippen LogP contribution in [0.15, 0.2) is 154 Å². The first-order chi connectivity index (χ1) is 22.7. The summed E-state index contributed by atoms with van der Waals surface area (Å²) in [4.78, 5) is 10.1. The van der Waals surface area contributed by atoms with Crippen molar-refractivity contribution in [2.75, 3.05) is 12.4 Å². The Morgan fingerprint density at radius 1 is 0.652 bits per heavy atom. The van der Waals surface area contributed by atoms with E-state index < -0.39 is 0 Å². The van der Waals surface area contributed by atoms with Gasteiger partial charge in [0.05, 0.1) is 11.0 Å². The van der Waals surface area contributed by atoms with E-state index in [1.807, 2.05) is 37.4 Å². The van der Waals surface area contributed by atoms with Gasteiger partial charge in [-0.05, 0) is 60.2 Å². The maximum Gasteiger partial charge on any atom is 0.160 e. The fourth-order valence-electron chi connectivity index (χ4n) is 6.58. The van der Waals surface area contributed by atoms with Crippen molar-refractivity contribution in [3.8, 4) is 5.69 Å². The molecule has 1 atom stereocenters. The van der Waals surface area contributed by atoms with E-state index in [-0.39, 0.29) is 6.17 Å². The van der Waals surface area contributed by atoms with E-state index in [0.717, 1.165) is 72.3 Å². The maximum atomic E-state index is 6.53. The van der Waals surface area contributed by atoms with Gasteiger partial charge in [-0.1, -0.05) is 84.9 Å². The molecule has 6 nitrogen and oxygen atoms in total. The van der Waals surface area contributed by atoms with Gasteiger partial charge in [-0.3, -0.25) is 0 Å². The first kappa shape index (κ1) is 26.3. The Kier molecular flexibility index (Phi) is 5.99. The van der Waals surface area contributed by atoms with Gasteiger partial charge in [0.25, 0.3) is 0 Å². The SMILES string of the molecule is CNc1ccc(C2N=C(c3ccc(-n4c5ccccc5c5ccc6c7ccccc7oc6c54)cc3)N=C(c3ccccc3)N2)cc1. The van der Waals surface area contributed by atoms with Crippen molar-refractivity contribution in [2.24, 2.45) is 9.98 Å². The molecule has 0 radical (unpaired) electrons. The van der Waals surface area contributed by atoms with Gasteiger partial charge in [0.1, 0.15) is 17.6 Å². The monoisotopic (exact) mass is 595 g/mol. The normalized spacial score (nSPS) is 14.8. The van der Waals surface area contributed by atoms with Crippen molar-refractivity contribution in [1.82, 2.24) is 9.88 Å². The summed E-state index contributed by atoms with van der Waals surface area (Å²) in [6.07, 6.45) is -0.271. The summed E-state index contributed by atoms with van der Waals surface area (Å²) in [6.45, 7) is 0. The second-order valence-corrected chi connectivity index (χ2v) is 11.5. The Hall–Kier alpha value is -6.14. The zero-order chi connectivity index (χ0) is 30.6. The molecule has 1 aliphatic rings. The number of benzene rings is 6. The molecule has 0 aliphatic carbocycles. The first-order valence-corrected chi connectivity index (χ1v) is 15.5. The lowest BCUT2D eigenvalue weighted by molar-refractivity contribution is 0.671. The number of amidine groups is 2. The van der Waals surface area contributed by atoms with Crippen LogP contribution in [0, 0.1) is 0 Å². The van der Waals surface area contributed by atoms with E-state index in [0.29, 0.717) is 5.84 Å². The Balaban J connectivity index is 1.19. The van der Waals surface area contributed by atoms with Gasteiger partial charge in [-0.2, -0.15) is 0 Å². The third kappa shape index (κ3) is 4.19. The number of hydrogen-bond donors (Lipinski definition) is 2. The van der Waals surface area contributed by atoms with Crippen LogP contribution in [-0.4, -0.2) is 23.3 Å². The second kappa shape index (κ2) is 10.5. The summed E-state index contributed by atoms with van der Waals surface area (Å²) < 4.78 is 8.84. The van der Waals surface area contributed by atoms with E-state index >= 15 is 0 Å². The van der Waals surface area contributed by atoms with Crippen LogP contribution < -0.4 is 10.6 Å². The van der Waals surface area contributed by atoms with Gasteiger partial charge in [0, 0.05) is 51.1 Å². The molecule has 46 heavy (non-hydrogen) atoms. The number of para-hydroxylation sites is 2. The molecule has 1 aliphatic heterocycles. The highest BCUT2D eigenvalue weighted by Crippen LogP contribution is 2.40. The zero-order valence-electron chi connectivity index (χ0n) is 25.1. The van der Waals surface area contributed by atoms with Crippen molar-refractivity contribution in [1.29, 1.82) is 0 Å². The third-order valence-corrected chi connectivity index (χ3v) is 8.87. The van der Waals surface area contributed by atoms with Gasteiger partial charge in [0.2, 0.25) is 0 Å². The summed E-state index contributed by atoms with van der Waals surface area (Å²) in [5.41, 5.74) is 9.12. The van der Waals surface area contributed by atoms with E-state index in [4.69, 9.17) is 14.4 Å². The topological polar surface area (TPSA) is 66.8 Å². The molecular weight excluding hydrogens is 566 g/mol. The number of rotatable bonds is 5. The van der Waals surface area contributed by atoms with Crippen LogP contribution in [0.3, 0.4) is 0 Å². The second-order valence-electron chi connectivity index (χ2n) is 11.5. The number of anilines is 1. The summed E-state index contributed by atoms with van der Waals surface area (Å²) in [5.74, 6) is 1.49. The maximum absolute atomic E-state index is 6.53. The highest BCUT2D eigenvalue weighted by molar-refractivity contribution is 6.21. The number of aromatic nitrogens is 1. The summed E-state index contributed by atoms with van der Waals surface area (Å²) in [6, 6.07) is 48.3. The predicted molar refractivity (Wildman–Crippen MR) is 189 cm³/mol. The molecule has 0 spiro atoms. The lowest BCUT2D eigenvalue weighted by Crippen LogP contribution is -2.33. The van der Waals surface area contributed by atoms with Crippen molar-refractivity contribution in [2.45, 2.75) is 6.17 Å². The summed E-state index contributed by atoms with van der Waals surface area (Å²) in [7, 11) is 1.92. The summed E-state index contributed by atoms with van der Waals surface area (Å²) >= 11 is 0. The molecule has 8 aromatic rings. The molecule has 220 valence electrons. The molecule has 1 unspecified atom stereocenters. The van der Waals surface area contributed by atoms with Crippen LogP contribution in [0.4, 0.5) is 5.69 Å². The van der Waals surface area contributed by atoms with E-state index in [9.17, 15) is 0 Å². The Morgan fingerprint density at radius 2 is 1.37 bits per heavy atom. The van der Waals surface area contributed by atoms with E-state index in [1.165, 1.54) is 5.39 Å². The fourth-order valence-corrected chi connectivity index (χ4v) is 6.58. The Morgan fingerprint density at radius 3 is 2.17 bits per heavy atom. The molecule has 9 rings (SSSR count). The van der Waals surface area contributed by atoms with Gasteiger partial charge >= 0.3 is 0 Å². The number of fused-ring (bicyclic) bond motifs is 7. The molecule has 0 bridgehead atoms. The number of nitrogens with zero attached hydrogens (tertiary/aromatic N) is 3. The average Bonchev–Trinajstić information content (AvgIpc) is 3.68. The minimum absolute atomic E-state index is 0.271. The highest BCUT2D eigenvalue weighted by Gasteiger charge is 2.22. The van der Waals surface area contributed by atoms with Crippen LogP contribution in [-0.2, 0) is 0 Å². The molecule has 2 N–H and O–H groups in total. The van der Waals surface area contributed by atoms with Gasteiger partial charge in [-0.15, -0.1) is 0 Å². The van der Waals surface area contributed by atoms with Crippen LogP contribution in [0.1, 0.15) is 22.9 Å². The summed E-state index contributed by atoms with van der Waals surface area (Å²) in [5, 5.41) is 11.3. The van der Waals surface area contributed by atoms with Crippen molar-refractivity contribution < 1.29 is 4.42 Å². The largest absolute Gasteiger partial charge is 0.454 e. The fraction of sp³-hybridized carbons (Fsp3) is 0.0500. The molecule has 6 heteroatoms. The van der Waals surface area contributed by atoms with Crippen molar-refractivity contribution >= 4 is 61.1 Å². The average molecular weight is 596 g/mol. The van der Waals surface area contributed by atoms with Gasteiger partial charge < -0.3 is 19.6 Å². The van der Waals surface area contributed by atoms with Crippen LogP contribution >= 0.6 is 0 Å². The minimum Gasteiger partial charge on any atom is -0.454 e. The quantitative estimate of drug-likeness (QED) is 0.208. The molecule has 0 fully saturated rings. The van der Waals surface area contributed by atoms with Crippen molar-refractivity contribution in [3.63, 3.8) is 0 Å². The number of aliphatic imine (C=N–C) groups is 2. The number of hydrogen-bond acceptors (Lipinski definition) is 5. The van der Waals surface area contributed by atoms with Crippen LogP contribution in [0.25, 0.3) is 49.4 Å². The Labute approximate surface area is 265 Å². The lowest BCUT2D eigenvalue weighted by Gasteiger charge is -2.24. The molecule has 3 heterocycles. The first-order valence-electron chi connectivity index (χ1n) is 15.5. The Bertz CT molecular complexity index is 2470. The number of furan rings is 1. The molecule has 2 aromatic heterocycles. The van der Waals surface area contributed by atoms with Crippen molar-refractivity contribution in [3.05, 3.63) is 156 Å². The van der Waals surface area contributed by atoms with E-state index in [2.05, 4.69) is 124 Å². The van der Waals surface area contributed by atoms with Gasteiger partial charge in [-0.25, -0.2) is 9.98 Å². The highest BCUT2D eigenvalue weighted by atomic mass is 16.3. The molecule has 0 saturated carbocycles. The van der Waals surface area contributed by atoms with Gasteiger partial charge in [0.15, 0.2) is 11.4 Å². The minimum atomic E-state index is -0.271. The molecule has 0 saturated heterocycles.